The number of halogens is 1. The van der Waals surface area contributed by atoms with Crippen LogP contribution in [-0.2, 0) is 0 Å². The van der Waals surface area contributed by atoms with Gasteiger partial charge in [-0.05, 0) is 57.7 Å². The van der Waals surface area contributed by atoms with Crippen molar-refractivity contribution in [3.8, 4) is 10.6 Å². The van der Waals surface area contributed by atoms with Crippen LogP contribution in [0.25, 0.3) is 20.8 Å². The van der Waals surface area contributed by atoms with Crippen molar-refractivity contribution < 1.29 is 4.79 Å². The van der Waals surface area contributed by atoms with E-state index in [4.69, 9.17) is 5.73 Å². The Balaban J connectivity index is 1.58. The van der Waals surface area contributed by atoms with Gasteiger partial charge in [0.05, 0.1) is 25.7 Å². The first-order valence-electron chi connectivity index (χ1n) is 8.51. The minimum Gasteiger partial charge on any atom is -0.368 e. The minimum atomic E-state index is -0.197. The third-order valence-corrected chi connectivity index (χ3v) is 6.74. The number of amides is 1. The monoisotopic (exact) mass is 473 g/mol. The van der Waals surface area contributed by atoms with Gasteiger partial charge in [-0.25, -0.2) is 15.0 Å². The minimum absolute atomic E-state index is 0.197. The van der Waals surface area contributed by atoms with Crippen molar-refractivity contribution in [2.24, 2.45) is 0 Å². The fraction of sp³-hybridized carbons (Fsp3) is 0.158. The van der Waals surface area contributed by atoms with Crippen LogP contribution >= 0.6 is 38.6 Å². The molecule has 0 saturated carbocycles. The quantitative estimate of drug-likeness (QED) is 0.405. The van der Waals surface area contributed by atoms with Crippen LogP contribution in [0.3, 0.4) is 0 Å². The molecule has 28 heavy (non-hydrogen) atoms. The number of nitrogens with two attached hydrogens (primary N) is 1. The molecule has 0 radical (unpaired) electrons. The van der Waals surface area contributed by atoms with E-state index in [0.29, 0.717) is 21.6 Å². The molecule has 0 aliphatic heterocycles. The highest BCUT2D eigenvalue weighted by atomic mass is 79.9. The molecule has 0 spiro atoms. The molecule has 0 atom stereocenters. The van der Waals surface area contributed by atoms with Crippen LogP contribution in [-0.4, -0.2) is 20.9 Å². The lowest BCUT2D eigenvalue weighted by Gasteiger charge is -2.05. The number of nitrogen functional groups attached to an aromatic ring is 1. The molecule has 6 nitrogen and oxygen atoms in total. The largest absolute Gasteiger partial charge is 0.368 e. The van der Waals surface area contributed by atoms with Crippen LogP contribution in [0, 0.1) is 0 Å². The van der Waals surface area contributed by atoms with Crippen molar-refractivity contribution in [1.82, 2.24) is 15.0 Å². The van der Waals surface area contributed by atoms with E-state index in [0.717, 1.165) is 19.6 Å². The highest BCUT2D eigenvalue weighted by molar-refractivity contribution is 9.10. The highest BCUT2D eigenvalue weighted by Gasteiger charge is 2.15. The number of thiazole rings is 1. The summed E-state index contributed by atoms with van der Waals surface area (Å²) in [5.41, 5.74) is 8.42. The van der Waals surface area contributed by atoms with Crippen LogP contribution in [0.2, 0.25) is 0 Å². The normalized spacial score (nSPS) is 11.3. The van der Waals surface area contributed by atoms with Crippen molar-refractivity contribution >= 4 is 65.8 Å². The van der Waals surface area contributed by atoms with Gasteiger partial charge in [-0.2, -0.15) is 0 Å². The van der Waals surface area contributed by atoms with Crippen molar-refractivity contribution in [2.75, 3.05) is 11.1 Å². The van der Waals surface area contributed by atoms with Gasteiger partial charge in [0.15, 0.2) is 5.13 Å². The fourth-order valence-corrected chi connectivity index (χ4v) is 5.17. The zero-order valence-corrected chi connectivity index (χ0v) is 18.3. The van der Waals surface area contributed by atoms with E-state index in [9.17, 15) is 4.79 Å². The molecule has 1 amide bonds. The number of hydrogen-bond donors (Lipinski definition) is 2. The Bertz CT molecular complexity index is 1180. The predicted octanol–water partition coefficient (Wildman–Crippen LogP) is 5.54. The smallest absolute Gasteiger partial charge is 0.267 e. The van der Waals surface area contributed by atoms with Gasteiger partial charge in [0, 0.05) is 10.7 Å². The molecule has 3 aromatic heterocycles. The van der Waals surface area contributed by atoms with Crippen LogP contribution in [0.15, 0.2) is 41.0 Å². The number of nitrogens with one attached hydrogen (secondary N) is 1. The number of fused-ring (bicyclic) bond motifs is 1. The molecule has 1 aromatic carbocycles. The van der Waals surface area contributed by atoms with Gasteiger partial charge in [0.2, 0.25) is 5.95 Å². The van der Waals surface area contributed by atoms with Gasteiger partial charge in [-0.15, -0.1) is 11.3 Å². The number of rotatable bonds is 4. The summed E-state index contributed by atoms with van der Waals surface area (Å²) in [4.78, 5) is 26.7. The number of benzene rings is 1. The Kier molecular flexibility index (Phi) is 5.13. The first-order valence-corrected chi connectivity index (χ1v) is 10.9. The van der Waals surface area contributed by atoms with Gasteiger partial charge in [0.25, 0.3) is 5.91 Å². The first kappa shape index (κ1) is 19.0. The van der Waals surface area contributed by atoms with Crippen molar-refractivity contribution in [3.63, 3.8) is 0 Å². The highest BCUT2D eigenvalue weighted by Crippen LogP contribution is 2.35. The molecule has 142 valence electrons. The summed E-state index contributed by atoms with van der Waals surface area (Å²) in [6, 6.07) is 9.60. The molecule has 0 saturated heterocycles. The van der Waals surface area contributed by atoms with Gasteiger partial charge in [-0.1, -0.05) is 25.2 Å². The van der Waals surface area contributed by atoms with Crippen LogP contribution in [0.1, 0.15) is 35.0 Å². The van der Waals surface area contributed by atoms with E-state index in [1.165, 1.54) is 28.2 Å². The van der Waals surface area contributed by atoms with Crippen LogP contribution in [0.4, 0.5) is 11.1 Å². The SMILES string of the molecule is CC(C)c1cc(Br)c2nc(NC(=O)c3ccc(-c4ccnc(N)n4)s3)sc2c1. The maximum atomic E-state index is 12.7. The lowest BCUT2D eigenvalue weighted by molar-refractivity contribution is 0.103. The summed E-state index contributed by atoms with van der Waals surface area (Å²) in [6.45, 7) is 4.30. The van der Waals surface area contributed by atoms with Gasteiger partial charge in [0.1, 0.15) is 0 Å². The third kappa shape index (κ3) is 3.78. The second kappa shape index (κ2) is 7.57. The van der Waals surface area contributed by atoms with E-state index in [1.54, 1.807) is 18.3 Å². The van der Waals surface area contributed by atoms with E-state index in [1.807, 2.05) is 6.07 Å². The van der Waals surface area contributed by atoms with E-state index in [2.05, 4.69) is 62.2 Å². The van der Waals surface area contributed by atoms with Crippen LogP contribution in [0.5, 0.6) is 0 Å². The molecule has 0 unspecified atom stereocenters. The zero-order valence-electron chi connectivity index (χ0n) is 15.1. The molecule has 0 bridgehead atoms. The Morgan fingerprint density at radius 3 is 2.75 bits per heavy atom. The molecule has 4 aromatic rings. The molecular weight excluding hydrogens is 458 g/mol. The standard InChI is InChI=1S/C19H16BrN5OS2/c1-9(2)10-7-11(20)16-15(8-10)28-19(24-16)25-17(26)14-4-3-13(27-14)12-5-6-22-18(21)23-12/h3-9H,1-2H3,(H2,21,22,23)(H,24,25,26). The summed E-state index contributed by atoms with van der Waals surface area (Å²) in [6.07, 6.45) is 1.60. The maximum absolute atomic E-state index is 12.7. The van der Waals surface area contributed by atoms with E-state index >= 15 is 0 Å². The number of hydrogen-bond acceptors (Lipinski definition) is 7. The summed E-state index contributed by atoms with van der Waals surface area (Å²) >= 11 is 6.40. The molecule has 4 rings (SSSR count). The lowest BCUT2D eigenvalue weighted by atomic mass is 10.0. The maximum Gasteiger partial charge on any atom is 0.267 e. The lowest BCUT2D eigenvalue weighted by Crippen LogP contribution is -2.09. The van der Waals surface area contributed by atoms with E-state index in [-0.39, 0.29) is 11.9 Å². The second-order valence-corrected chi connectivity index (χ2v) is 9.41. The van der Waals surface area contributed by atoms with Crippen LogP contribution < -0.4 is 11.1 Å². The van der Waals surface area contributed by atoms with Crippen molar-refractivity contribution in [2.45, 2.75) is 19.8 Å². The number of thiophene rings is 1. The first-order chi connectivity index (χ1) is 13.4. The Hall–Kier alpha value is -2.36. The molecule has 0 aliphatic carbocycles. The van der Waals surface area contributed by atoms with E-state index < -0.39 is 0 Å². The van der Waals surface area contributed by atoms with Gasteiger partial charge < -0.3 is 5.73 Å². The zero-order chi connectivity index (χ0) is 19.8. The Morgan fingerprint density at radius 1 is 1.18 bits per heavy atom. The van der Waals surface area contributed by atoms with Crippen molar-refractivity contribution in [1.29, 1.82) is 0 Å². The summed E-state index contributed by atoms with van der Waals surface area (Å²) in [5, 5.41) is 3.47. The summed E-state index contributed by atoms with van der Waals surface area (Å²) < 4.78 is 1.97. The molecule has 0 aliphatic rings. The number of anilines is 2. The molecule has 3 heterocycles. The van der Waals surface area contributed by atoms with Crippen molar-refractivity contribution in [3.05, 3.63) is 51.4 Å². The molecule has 0 fully saturated rings. The van der Waals surface area contributed by atoms with Gasteiger partial charge >= 0.3 is 0 Å². The Labute approximate surface area is 178 Å². The number of carbonyl (C=O) groups is 1. The molecule has 3 N–H and O–H groups in total. The van der Waals surface area contributed by atoms with Gasteiger partial charge in [-0.3, -0.25) is 10.1 Å². The third-order valence-electron chi connectivity index (χ3n) is 4.11. The number of nitrogens with zero attached hydrogens (tertiary/aromatic N) is 3. The number of carbonyl (C=O) groups excluding carboxylic acids is 1. The summed E-state index contributed by atoms with van der Waals surface area (Å²) in [5.74, 6) is 0.427. The summed E-state index contributed by atoms with van der Waals surface area (Å²) in [7, 11) is 0. The average Bonchev–Trinajstić information content (AvgIpc) is 3.28. The Morgan fingerprint density at radius 2 is 2.00 bits per heavy atom. The number of aromatic nitrogens is 3. The topological polar surface area (TPSA) is 93.8 Å². The fourth-order valence-electron chi connectivity index (χ4n) is 2.66. The molecular formula is C19H16BrN5OS2. The molecule has 9 heteroatoms. The average molecular weight is 474 g/mol. The second-order valence-electron chi connectivity index (χ2n) is 6.44. The predicted molar refractivity (Wildman–Crippen MR) is 119 cm³/mol.